The van der Waals surface area contributed by atoms with E-state index in [-0.39, 0.29) is 0 Å². The van der Waals surface area contributed by atoms with Gasteiger partial charge in [0.2, 0.25) is 0 Å². The third-order valence-corrected chi connectivity index (χ3v) is 2.34. The van der Waals surface area contributed by atoms with Gasteiger partial charge < -0.3 is 0 Å². The molecule has 3 nitrogen and oxygen atoms in total. The van der Waals surface area contributed by atoms with Crippen LogP contribution in [0.3, 0.4) is 0 Å². The summed E-state index contributed by atoms with van der Waals surface area (Å²) in [4.78, 5) is 2.86. The molecule has 0 bridgehead atoms. The van der Waals surface area contributed by atoms with Crippen LogP contribution in [0.25, 0.3) is 10.4 Å². The molecule has 0 atom stereocenters. The molecule has 3 heteroatoms. The summed E-state index contributed by atoms with van der Waals surface area (Å²) in [5.74, 6) is 0. The summed E-state index contributed by atoms with van der Waals surface area (Å²) in [6.07, 6.45) is 1.00. The number of azide groups is 1. The molecule has 0 amide bonds. The van der Waals surface area contributed by atoms with E-state index >= 15 is 0 Å². The van der Waals surface area contributed by atoms with Gasteiger partial charge in [-0.15, -0.1) is 0 Å². The Morgan fingerprint density at radius 2 is 2.14 bits per heavy atom. The zero-order chi connectivity index (χ0) is 10.6. The van der Waals surface area contributed by atoms with E-state index in [1.165, 1.54) is 5.56 Å². The normalized spacial score (nSPS) is 10.8. The first-order valence-corrected chi connectivity index (χ1v) is 4.76. The molecule has 0 saturated heterocycles. The van der Waals surface area contributed by atoms with Crippen LogP contribution >= 0.6 is 0 Å². The van der Waals surface area contributed by atoms with Gasteiger partial charge in [-0.3, -0.25) is 0 Å². The first kappa shape index (κ1) is 10.6. The first-order chi connectivity index (χ1) is 6.60. The Labute approximate surface area is 84.4 Å². The molecular weight excluding hydrogens is 174 g/mol. The van der Waals surface area contributed by atoms with Gasteiger partial charge in [-0.2, -0.15) is 0 Å². The molecule has 1 aromatic rings. The van der Waals surface area contributed by atoms with Gasteiger partial charge in [0.05, 0.1) is 5.54 Å². The lowest BCUT2D eigenvalue weighted by Gasteiger charge is -2.18. The lowest BCUT2D eigenvalue weighted by atomic mass is 9.93. The Hall–Kier alpha value is -1.47. The van der Waals surface area contributed by atoms with Gasteiger partial charge in [-0.25, -0.2) is 0 Å². The molecule has 14 heavy (non-hydrogen) atoms. The SMILES string of the molecule is CCc1cccc(C(C)(C)N=[N+]=[N-])c1. The molecule has 1 aromatic carbocycles. The zero-order valence-electron chi connectivity index (χ0n) is 8.86. The van der Waals surface area contributed by atoms with Crippen LogP contribution in [0.4, 0.5) is 0 Å². The molecular formula is C11H15N3. The average Bonchev–Trinajstić information content (AvgIpc) is 2.18. The van der Waals surface area contributed by atoms with E-state index in [0.717, 1.165) is 12.0 Å². The van der Waals surface area contributed by atoms with E-state index in [1.54, 1.807) is 0 Å². The third kappa shape index (κ3) is 2.27. The molecule has 0 aliphatic rings. The van der Waals surface area contributed by atoms with Crippen LogP contribution in [0.5, 0.6) is 0 Å². The van der Waals surface area contributed by atoms with Crippen LogP contribution in [0.1, 0.15) is 31.9 Å². The predicted octanol–water partition coefficient (Wildman–Crippen LogP) is 3.79. The second-order valence-electron chi connectivity index (χ2n) is 3.80. The Morgan fingerprint density at radius 1 is 1.43 bits per heavy atom. The van der Waals surface area contributed by atoms with Crippen LogP contribution in [-0.4, -0.2) is 0 Å². The fourth-order valence-electron chi connectivity index (χ4n) is 1.34. The maximum absolute atomic E-state index is 8.45. The van der Waals surface area contributed by atoms with Crippen molar-refractivity contribution in [3.63, 3.8) is 0 Å². The van der Waals surface area contributed by atoms with Gasteiger partial charge in [0, 0.05) is 4.91 Å². The first-order valence-electron chi connectivity index (χ1n) is 4.76. The van der Waals surface area contributed by atoms with Gasteiger partial charge in [0.25, 0.3) is 0 Å². The molecule has 0 saturated carbocycles. The highest BCUT2D eigenvalue weighted by Crippen LogP contribution is 2.25. The maximum Gasteiger partial charge on any atom is 0.0681 e. The number of aryl methyl sites for hydroxylation is 1. The Balaban J connectivity index is 3.11. The topological polar surface area (TPSA) is 48.8 Å². The van der Waals surface area contributed by atoms with Gasteiger partial charge in [-0.1, -0.05) is 50.2 Å². The van der Waals surface area contributed by atoms with Crippen molar-refractivity contribution in [2.45, 2.75) is 32.7 Å². The lowest BCUT2D eigenvalue weighted by molar-refractivity contribution is 0.550. The molecule has 0 spiro atoms. The number of benzene rings is 1. The fourth-order valence-corrected chi connectivity index (χ4v) is 1.34. The summed E-state index contributed by atoms with van der Waals surface area (Å²) in [6.45, 7) is 5.95. The van der Waals surface area contributed by atoms with Crippen molar-refractivity contribution in [2.75, 3.05) is 0 Å². The van der Waals surface area contributed by atoms with Crippen LogP contribution < -0.4 is 0 Å². The van der Waals surface area contributed by atoms with E-state index in [9.17, 15) is 0 Å². The monoisotopic (exact) mass is 189 g/mol. The van der Waals surface area contributed by atoms with Crippen molar-refractivity contribution >= 4 is 0 Å². The van der Waals surface area contributed by atoms with Gasteiger partial charge in [0.1, 0.15) is 0 Å². The van der Waals surface area contributed by atoms with E-state index in [2.05, 4.69) is 29.1 Å². The highest BCUT2D eigenvalue weighted by molar-refractivity contribution is 5.28. The second-order valence-corrected chi connectivity index (χ2v) is 3.80. The Bertz CT molecular complexity index is 363. The molecule has 0 N–H and O–H groups in total. The summed E-state index contributed by atoms with van der Waals surface area (Å²) >= 11 is 0. The molecule has 0 aromatic heterocycles. The van der Waals surface area contributed by atoms with E-state index in [0.29, 0.717) is 0 Å². The second kappa shape index (κ2) is 4.16. The van der Waals surface area contributed by atoms with Crippen molar-refractivity contribution in [1.29, 1.82) is 0 Å². The van der Waals surface area contributed by atoms with Crippen molar-refractivity contribution in [3.8, 4) is 0 Å². The minimum atomic E-state index is -0.458. The number of hydrogen-bond donors (Lipinski definition) is 0. The summed E-state index contributed by atoms with van der Waals surface area (Å²) < 4.78 is 0. The lowest BCUT2D eigenvalue weighted by Crippen LogP contribution is -2.12. The molecule has 0 unspecified atom stereocenters. The van der Waals surface area contributed by atoms with E-state index < -0.39 is 5.54 Å². The molecule has 0 heterocycles. The van der Waals surface area contributed by atoms with Crippen LogP contribution in [0.2, 0.25) is 0 Å². The van der Waals surface area contributed by atoms with E-state index in [4.69, 9.17) is 5.53 Å². The van der Waals surface area contributed by atoms with Crippen molar-refractivity contribution < 1.29 is 0 Å². The molecule has 0 radical (unpaired) electrons. The molecule has 1 rings (SSSR count). The summed E-state index contributed by atoms with van der Waals surface area (Å²) in [6, 6.07) is 8.17. The number of rotatable bonds is 3. The standard InChI is InChI=1S/C11H15N3/c1-4-9-6-5-7-10(8-9)11(2,3)13-14-12/h5-8H,4H2,1-3H3. The number of hydrogen-bond acceptors (Lipinski definition) is 1. The molecule has 0 aliphatic heterocycles. The third-order valence-electron chi connectivity index (χ3n) is 2.34. The van der Waals surface area contributed by atoms with Crippen LogP contribution in [-0.2, 0) is 12.0 Å². The van der Waals surface area contributed by atoms with Crippen LogP contribution in [0, 0.1) is 0 Å². The zero-order valence-corrected chi connectivity index (χ0v) is 8.86. The van der Waals surface area contributed by atoms with Crippen LogP contribution in [0.15, 0.2) is 29.4 Å². The number of nitrogens with zero attached hydrogens (tertiary/aromatic N) is 3. The quantitative estimate of drug-likeness (QED) is 0.394. The smallest absolute Gasteiger partial charge is 0.0681 e. The summed E-state index contributed by atoms with van der Waals surface area (Å²) in [5, 5.41) is 3.78. The predicted molar refractivity (Wildman–Crippen MR) is 58.0 cm³/mol. The van der Waals surface area contributed by atoms with Gasteiger partial charge in [-0.05, 0) is 23.1 Å². The summed E-state index contributed by atoms with van der Waals surface area (Å²) in [5.41, 5.74) is 10.3. The van der Waals surface area contributed by atoms with E-state index in [1.807, 2.05) is 26.0 Å². The fraction of sp³-hybridized carbons (Fsp3) is 0.455. The minimum Gasteiger partial charge on any atom is -0.0831 e. The van der Waals surface area contributed by atoms with Crippen molar-refractivity contribution in [1.82, 2.24) is 0 Å². The molecule has 74 valence electrons. The van der Waals surface area contributed by atoms with Crippen molar-refractivity contribution in [3.05, 3.63) is 45.8 Å². The largest absolute Gasteiger partial charge is 0.0831 e. The Morgan fingerprint density at radius 3 is 2.71 bits per heavy atom. The average molecular weight is 189 g/mol. The van der Waals surface area contributed by atoms with Gasteiger partial charge >= 0.3 is 0 Å². The Kier molecular flexibility index (Phi) is 3.15. The maximum atomic E-state index is 8.45. The highest BCUT2D eigenvalue weighted by atomic mass is 15.2. The molecule has 0 fully saturated rings. The summed E-state index contributed by atoms with van der Waals surface area (Å²) in [7, 11) is 0. The minimum absolute atomic E-state index is 0.458. The molecule has 0 aliphatic carbocycles. The van der Waals surface area contributed by atoms with Gasteiger partial charge in [0.15, 0.2) is 0 Å². The van der Waals surface area contributed by atoms with Crippen molar-refractivity contribution in [2.24, 2.45) is 5.11 Å². The highest BCUT2D eigenvalue weighted by Gasteiger charge is 2.18.